The van der Waals surface area contributed by atoms with E-state index in [1.54, 1.807) is 0 Å². The monoisotopic (exact) mass is 233 g/mol. The Hall–Kier alpha value is -0.860. The van der Waals surface area contributed by atoms with Crippen molar-refractivity contribution in [1.29, 1.82) is 0 Å². The second kappa shape index (κ2) is 6.18. The normalized spacial score (nSPS) is 20.4. The Morgan fingerprint density at radius 1 is 1.24 bits per heavy atom. The Labute approximate surface area is 104 Å². The molecule has 1 aromatic carbocycles. The lowest BCUT2D eigenvalue weighted by atomic mass is 9.99. The minimum absolute atomic E-state index is 0.181. The Kier molecular flexibility index (Phi) is 4.57. The lowest BCUT2D eigenvalue weighted by Crippen LogP contribution is -2.40. The van der Waals surface area contributed by atoms with Crippen LogP contribution in [0.5, 0.6) is 0 Å². The molecule has 0 spiro atoms. The van der Waals surface area contributed by atoms with Crippen LogP contribution in [-0.4, -0.2) is 17.2 Å². The van der Waals surface area contributed by atoms with E-state index >= 15 is 0 Å². The summed E-state index contributed by atoms with van der Waals surface area (Å²) >= 11 is 0. The minimum atomic E-state index is -0.387. The minimum Gasteiger partial charge on any atom is -0.387 e. The van der Waals surface area contributed by atoms with E-state index in [0.29, 0.717) is 6.04 Å². The summed E-state index contributed by atoms with van der Waals surface area (Å²) in [5, 5.41) is 14.0. The van der Waals surface area contributed by atoms with Crippen molar-refractivity contribution in [2.24, 2.45) is 0 Å². The molecule has 1 saturated carbocycles. The smallest absolute Gasteiger partial charge is 0.0942 e. The number of hydrogen-bond donors (Lipinski definition) is 2. The lowest BCUT2D eigenvalue weighted by Gasteiger charge is -2.26. The first-order valence-electron chi connectivity index (χ1n) is 6.80. The molecule has 0 bridgehead atoms. The SMILES string of the molecule is CCC(NC1CCCC1)C(O)c1ccccc1. The average molecular weight is 233 g/mol. The predicted octanol–water partition coefficient (Wildman–Crippen LogP) is 3.03. The van der Waals surface area contributed by atoms with Gasteiger partial charge in [-0.05, 0) is 24.8 Å². The molecule has 17 heavy (non-hydrogen) atoms. The van der Waals surface area contributed by atoms with Crippen LogP contribution in [0, 0.1) is 0 Å². The lowest BCUT2D eigenvalue weighted by molar-refractivity contribution is 0.119. The van der Waals surface area contributed by atoms with Gasteiger partial charge in [0.25, 0.3) is 0 Å². The molecule has 1 aliphatic rings. The highest BCUT2D eigenvalue weighted by molar-refractivity contribution is 5.18. The van der Waals surface area contributed by atoms with Crippen LogP contribution in [0.15, 0.2) is 30.3 Å². The Morgan fingerprint density at radius 2 is 1.88 bits per heavy atom. The molecule has 94 valence electrons. The number of benzene rings is 1. The highest BCUT2D eigenvalue weighted by atomic mass is 16.3. The average Bonchev–Trinajstić information content (AvgIpc) is 2.89. The quantitative estimate of drug-likeness (QED) is 0.819. The summed E-state index contributed by atoms with van der Waals surface area (Å²) in [5.41, 5.74) is 1.02. The topological polar surface area (TPSA) is 32.3 Å². The Morgan fingerprint density at radius 3 is 2.47 bits per heavy atom. The molecular formula is C15H23NO. The third-order valence-electron chi connectivity index (χ3n) is 3.77. The van der Waals surface area contributed by atoms with E-state index < -0.39 is 0 Å². The van der Waals surface area contributed by atoms with Crippen molar-refractivity contribution >= 4 is 0 Å². The van der Waals surface area contributed by atoms with Crippen LogP contribution in [-0.2, 0) is 0 Å². The van der Waals surface area contributed by atoms with Crippen LogP contribution in [0.2, 0.25) is 0 Å². The van der Waals surface area contributed by atoms with Crippen LogP contribution in [0.1, 0.15) is 50.7 Å². The van der Waals surface area contributed by atoms with Crippen molar-refractivity contribution < 1.29 is 5.11 Å². The molecule has 0 radical (unpaired) electrons. The highest BCUT2D eigenvalue weighted by Crippen LogP contribution is 2.23. The van der Waals surface area contributed by atoms with Crippen LogP contribution in [0.3, 0.4) is 0 Å². The molecule has 2 unspecified atom stereocenters. The van der Waals surface area contributed by atoms with Gasteiger partial charge < -0.3 is 10.4 Å². The van der Waals surface area contributed by atoms with Crippen LogP contribution < -0.4 is 5.32 Å². The molecule has 0 amide bonds. The fourth-order valence-corrected chi connectivity index (χ4v) is 2.71. The van der Waals surface area contributed by atoms with Gasteiger partial charge in [-0.25, -0.2) is 0 Å². The Bertz CT molecular complexity index is 319. The number of nitrogens with one attached hydrogen (secondary N) is 1. The summed E-state index contributed by atoms with van der Waals surface area (Å²) < 4.78 is 0. The molecular weight excluding hydrogens is 210 g/mol. The van der Waals surface area contributed by atoms with Gasteiger partial charge in [-0.2, -0.15) is 0 Å². The highest BCUT2D eigenvalue weighted by Gasteiger charge is 2.23. The molecule has 1 aromatic rings. The molecule has 2 atom stereocenters. The van der Waals surface area contributed by atoms with E-state index in [1.165, 1.54) is 25.7 Å². The molecule has 2 nitrogen and oxygen atoms in total. The van der Waals surface area contributed by atoms with E-state index in [4.69, 9.17) is 0 Å². The van der Waals surface area contributed by atoms with Crippen molar-refractivity contribution in [3.63, 3.8) is 0 Å². The summed E-state index contributed by atoms with van der Waals surface area (Å²) in [6.45, 7) is 2.14. The fourth-order valence-electron chi connectivity index (χ4n) is 2.71. The maximum atomic E-state index is 10.4. The number of aliphatic hydroxyl groups is 1. The van der Waals surface area contributed by atoms with Gasteiger partial charge in [0.1, 0.15) is 0 Å². The van der Waals surface area contributed by atoms with E-state index in [1.807, 2.05) is 30.3 Å². The largest absolute Gasteiger partial charge is 0.387 e. The second-order valence-corrected chi connectivity index (χ2v) is 5.02. The zero-order chi connectivity index (χ0) is 12.1. The maximum Gasteiger partial charge on any atom is 0.0942 e. The molecule has 2 rings (SSSR count). The van der Waals surface area contributed by atoms with Crippen LogP contribution >= 0.6 is 0 Å². The van der Waals surface area contributed by atoms with Gasteiger partial charge in [0, 0.05) is 12.1 Å². The summed E-state index contributed by atoms with van der Waals surface area (Å²) in [5.74, 6) is 0. The van der Waals surface area contributed by atoms with Gasteiger partial charge in [0.15, 0.2) is 0 Å². The van der Waals surface area contributed by atoms with Crippen LogP contribution in [0.4, 0.5) is 0 Å². The third-order valence-corrected chi connectivity index (χ3v) is 3.77. The van der Waals surface area contributed by atoms with E-state index in [-0.39, 0.29) is 12.1 Å². The van der Waals surface area contributed by atoms with E-state index in [9.17, 15) is 5.11 Å². The maximum absolute atomic E-state index is 10.4. The number of rotatable bonds is 5. The van der Waals surface area contributed by atoms with Gasteiger partial charge >= 0.3 is 0 Å². The van der Waals surface area contributed by atoms with E-state index in [2.05, 4.69) is 12.2 Å². The first-order valence-corrected chi connectivity index (χ1v) is 6.80. The number of hydrogen-bond acceptors (Lipinski definition) is 2. The molecule has 2 heteroatoms. The first kappa shape index (κ1) is 12.6. The fraction of sp³-hybridized carbons (Fsp3) is 0.600. The van der Waals surface area contributed by atoms with Crippen molar-refractivity contribution in [2.75, 3.05) is 0 Å². The molecule has 1 fully saturated rings. The molecule has 0 heterocycles. The van der Waals surface area contributed by atoms with Gasteiger partial charge in [-0.15, -0.1) is 0 Å². The van der Waals surface area contributed by atoms with Gasteiger partial charge in [0.2, 0.25) is 0 Å². The Balaban J connectivity index is 1.97. The van der Waals surface area contributed by atoms with Gasteiger partial charge in [0.05, 0.1) is 6.10 Å². The molecule has 0 aromatic heterocycles. The molecule has 2 N–H and O–H groups in total. The molecule has 0 saturated heterocycles. The van der Waals surface area contributed by atoms with Gasteiger partial charge in [-0.3, -0.25) is 0 Å². The molecule has 1 aliphatic carbocycles. The zero-order valence-electron chi connectivity index (χ0n) is 10.6. The van der Waals surface area contributed by atoms with Crippen molar-refractivity contribution in [3.05, 3.63) is 35.9 Å². The second-order valence-electron chi connectivity index (χ2n) is 5.02. The van der Waals surface area contributed by atoms with Gasteiger partial charge in [-0.1, -0.05) is 50.1 Å². The van der Waals surface area contributed by atoms with Crippen LogP contribution in [0.25, 0.3) is 0 Å². The van der Waals surface area contributed by atoms with Crippen molar-refractivity contribution in [3.8, 4) is 0 Å². The van der Waals surface area contributed by atoms with Crippen molar-refractivity contribution in [1.82, 2.24) is 5.32 Å². The first-order chi connectivity index (χ1) is 8.31. The summed E-state index contributed by atoms with van der Waals surface area (Å²) in [6, 6.07) is 10.8. The summed E-state index contributed by atoms with van der Waals surface area (Å²) in [4.78, 5) is 0. The third kappa shape index (κ3) is 3.30. The van der Waals surface area contributed by atoms with Crippen molar-refractivity contribution in [2.45, 2.75) is 57.2 Å². The van der Waals surface area contributed by atoms with E-state index in [0.717, 1.165) is 12.0 Å². The predicted molar refractivity (Wildman–Crippen MR) is 70.9 cm³/mol. The summed E-state index contributed by atoms with van der Waals surface area (Å²) in [6.07, 6.45) is 5.76. The summed E-state index contributed by atoms with van der Waals surface area (Å²) in [7, 11) is 0. The zero-order valence-corrected chi connectivity index (χ0v) is 10.6. The number of aliphatic hydroxyl groups excluding tert-OH is 1. The standard InChI is InChI=1S/C15H23NO/c1-2-14(16-13-10-6-7-11-13)15(17)12-8-4-3-5-9-12/h3-5,8-9,13-17H,2,6-7,10-11H2,1H3. The molecule has 0 aliphatic heterocycles.